The molecule has 1 unspecified atom stereocenters. The average molecular weight is 126 g/mol. The fourth-order valence-electron chi connectivity index (χ4n) is 1.16. The number of ether oxygens (including phenoxy) is 1. The molecular weight excluding hydrogens is 112 g/mol. The highest BCUT2D eigenvalue weighted by molar-refractivity contribution is 5.05. The largest absolute Gasteiger partial charge is 0.374 e. The van der Waals surface area contributed by atoms with Crippen LogP contribution in [0.3, 0.4) is 0 Å². The summed E-state index contributed by atoms with van der Waals surface area (Å²) in [5, 5.41) is 0. The van der Waals surface area contributed by atoms with Crippen molar-refractivity contribution in [2.45, 2.75) is 32.3 Å². The zero-order chi connectivity index (χ0) is 6.69. The van der Waals surface area contributed by atoms with Gasteiger partial charge in [0.05, 0.1) is 12.7 Å². The Morgan fingerprint density at radius 2 is 2.56 bits per heavy atom. The van der Waals surface area contributed by atoms with E-state index in [0.717, 1.165) is 19.4 Å². The first-order chi connectivity index (χ1) is 4.34. The molecular formula is C8H14O. The summed E-state index contributed by atoms with van der Waals surface area (Å²) in [5.74, 6) is 0. The van der Waals surface area contributed by atoms with Gasteiger partial charge in [0.1, 0.15) is 0 Å². The summed E-state index contributed by atoms with van der Waals surface area (Å²) in [7, 11) is 0. The third kappa shape index (κ3) is 1.55. The highest BCUT2D eigenvalue weighted by Gasteiger charge is 2.17. The molecule has 1 nitrogen and oxygen atoms in total. The van der Waals surface area contributed by atoms with Crippen molar-refractivity contribution in [3.05, 3.63) is 12.2 Å². The molecule has 9 heavy (non-hydrogen) atoms. The normalized spacial score (nSPS) is 27.2. The van der Waals surface area contributed by atoms with E-state index in [1.165, 1.54) is 12.0 Å². The Morgan fingerprint density at radius 3 is 3.00 bits per heavy atom. The molecule has 0 aliphatic carbocycles. The summed E-state index contributed by atoms with van der Waals surface area (Å²) in [6.07, 6.45) is 3.81. The minimum atomic E-state index is 0.384. The Balaban J connectivity index is 2.31. The Kier molecular flexibility index (Phi) is 2.29. The van der Waals surface area contributed by atoms with Gasteiger partial charge in [-0.3, -0.25) is 0 Å². The van der Waals surface area contributed by atoms with Crippen LogP contribution in [-0.4, -0.2) is 12.7 Å². The van der Waals surface area contributed by atoms with E-state index in [1.807, 2.05) is 0 Å². The molecule has 0 aromatic heterocycles. The second-order valence-electron chi connectivity index (χ2n) is 2.56. The zero-order valence-corrected chi connectivity index (χ0v) is 6.02. The van der Waals surface area contributed by atoms with Crippen LogP contribution >= 0.6 is 0 Å². The molecule has 52 valence electrons. The Morgan fingerprint density at radius 1 is 1.78 bits per heavy atom. The standard InChI is InChI=1S/C8H14O/c1-3-4-8-7(2)5-6-9-8/h8H,2-6H2,1H3. The molecule has 0 N–H and O–H groups in total. The van der Waals surface area contributed by atoms with E-state index in [-0.39, 0.29) is 0 Å². The molecule has 0 bridgehead atoms. The monoisotopic (exact) mass is 126 g/mol. The molecule has 1 aliphatic heterocycles. The fraction of sp³-hybridized carbons (Fsp3) is 0.750. The van der Waals surface area contributed by atoms with Crippen LogP contribution in [0.25, 0.3) is 0 Å². The Bertz CT molecular complexity index is 107. The quantitative estimate of drug-likeness (QED) is 0.515. The molecule has 1 saturated heterocycles. The lowest BCUT2D eigenvalue weighted by molar-refractivity contribution is 0.117. The van der Waals surface area contributed by atoms with Crippen LogP contribution in [0.4, 0.5) is 0 Å². The molecule has 0 saturated carbocycles. The lowest BCUT2D eigenvalue weighted by Crippen LogP contribution is -2.05. The van der Waals surface area contributed by atoms with E-state index in [1.54, 1.807) is 0 Å². The highest BCUT2D eigenvalue weighted by Crippen LogP contribution is 2.21. The van der Waals surface area contributed by atoms with Crippen molar-refractivity contribution < 1.29 is 4.74 Å². The third-order valence-corrected chi connectivity index (χ3v) is 1.75. The summed E-state index contributed by atoms with van der Waals surface area (Å²) in [5.41, 5.74) is 1.29. The SMILES string of the molecule is C=C1CCOC1CCC. The van der Waals surface area contributed by atoms with Crippen LogP contribution in [0.5, 0.6) is 0 Å². The van der Waals surface area contributed by atoms with E-state index < -0.39 is 0 Å². The summed E-state index contributed by atoms with van der Waals surface area (Å²) in [4.78, 5) is 0. The number of hydrogen-bond acceptors (Lipinski definition) is 1. The van der Waals surface area contributed by atoms with Crippen molar-refractivity contribution in [1.29, 1.82) is 0 Å². The Hall–Kier alpha value is -0.300. The van der Waals surface area contributed by atoms with Crippen LogP contribution in [-0.2, 0) is 4.74 Å². The van der Waals surface area contributed by atoms with Crippen molar-refractivity contribution in [3.63, 3.8) is 0 Å². The second-order valence-corrected chi connectivity index (χ2v) is 2.56. The molecule has 0 aromatic carbocycles. The molecule has 1 rings (SSSR count). The molecule has 1 aliphatic rings. The first kappa shape index (κ1) is 6.81. The smallest absolute Gasteiger partial charge is 0.0783 e. The minimum Gasteiger partial charge on any atom is -0.374 e. The van der Waals surface area contributed by atoms with Gasteiger partial charge in [0.25, 0.3) is 0 Å². The first-order valence-corrected chi connectivity index (χ1v) is 3.64. The molecule has 1 atom stereocenters. The molecule has 0 aromatic rings. The first-order valence-electron chi connectivity index (χ1n) is 3.64. The predicted octanol–water partition coefficient (Wildman–Crippen LogP) is 2.13. The predicted molar refractivity (Wildman–Crippen MR) is 38.4 cm³/mol. The van der Waals surface area contributed by atoms with E-state index in [4.69, 9.17) is 4.74 Å². The number of hydrogen-bond donors (Lipinski definition) is 0. The van der Waals surface area contributed by atoms with Gasteiger partial charge in [-0.05, 0) is 18.4 Å². The second kappa shape index (κ2) is 3.02. The van der Waals surface area contributed by atoms with Crippen LogP contribution in [0.1, 0.15) is 26.2 Å². The molecule has 1 heteroatoms. The van der Waals surface area contributed by atoms with Crippen LogP contribution in [0.2, 0.25) is 0 Å². The maximum Gasteiger partial charge on any atom is 0.0783 e. The van der Waals surface area contributed by atoms with Gasteiger partial charge < -0.3 is 4.74 Å². The van der Waals surface area contributed by atoms with Gasteiger partial charge in [-0.1, -0.05) is 19.9 Å². The molecule has 0 amide bonds. The van der Waals surface area contributed by atoms with Crippen molar-refractivity contribution in [2.75, 3.05) is 6.61 Å². The summed E-state index contributed by atoms with van der Waals surface area (Å²) in [6.45, 7) is 7.00. The summed E-state index contributed by atoms with van der Waals surface area (Å²) < 4.78 is 5.41. The van der Waals surface area contributed by atoms with Crippen molar-refractivity contribution in [3.8, 4) is 0 Å². The lowest BCUT2D eigenvalue weighted by Gasteiger charge is -2.07. The molecule has 1 fully saturated rings. The van der Waals surface area contributed by atoms with Crippen LogP contribution in [0, 0.1) is 0 Å². The van der Waals surface area contributed by atoms with Crippen molar-refractivity contribution in [2.24, 2.45) is 0 Å². The maximum absolute atomic E-state index is 5.41. The van der Waals surface area contributed by atoms with Crippen LogP contribution < -0.4 is 0 Å². The molecule has 0 spiro atoms. The highest BCUT2D eigenvalue weighted by atomic mass is 16.5. The van der Waals surface area contributed by atoms with Gasteiger partial charge in [-0.15, -0.1) is 0 Å². The van der Waals surface area contributed by atoms with Gasteiger partial charge in [0.15, 0.2) is 0 Å². The summed E-state index contributed by atoms with van der Waals surface area (Å²) >= 11 is 0. The van der Waals surface area contributed by atoms with Crippen LogP contribution in [0.15, 0.2) is 12.2 Å². The fourth-order valence-corrected chi connectivity index (χ4v) is 1.16. The van der Waals surface area contributed by atoms with Crippen molar-refractivity contribution >= 4 is 0 Å². The van der Waals surface area contributed by atoms with Gasteiger partial charge in [-0.25, -0.2) is 0 Å². The number of rotatable bonds is 2. The third-order valence-electron chi connectivity index (χ3n) is 1.75. The van der Waals surface area contributed by atoms with E-state index in [9.17, 15) is 0 Å². The van der Waals surface area contributed by atoms with Gasteiger partial charge in [0, 0.05) is 0 Å². The maximum atomic E-state index is 5.41. The topological polar surface area (TPSA) is 9.23 Å². The van der Waals surface area contributed by atoms with E-state index >= 15 is 0 Å². The van der Waals surface area contributed by atoms with Crippen molar-refractivity contribution in [1.82, 2.24) is 0 Å². The van der Waals surface area contributed by atoms with Gasteiger partial charge >= 0.3 is 0 Å². The lowest BCUT2D eigenvalue weighted by atomic mass is 10.1. The minimum absolute atomic E-state index is 0.384. The van der Waals surface area contributed by atoms with Gasteiger partial charge in [0.2, 0.25) is 0 Å². The zero-order valence-electron chi connectivity index (χ0n) is 6.02. The summed E-state index contributed by atoms with van der Waals surface area (Å²) in [6, 6.07) is 0. The Labute approximate surface area is 56.7 Å². The molecule has 1 heterocycles. The average Bonchev–Trinajstić information content (AvgIpc) is 2.18. The van der Waals surface area contributed by atoms with E-state index in [0.29, 0.717) is 6.10 Å². The van der Waals surface area contributed by atoms with E-state index in [2.05, 4.69) is 13.5 Å². The molecule has 0 radical (unpaired) electrons. The van der Waals surface area contributed by atoms with Gasteiger partial charge in [-0.2, -0.15) is 0 Å².